The molecule has 1 aliphatic heterocycles. The van der Waals surface area contributed by atoms with Gasteiger partial charge >= 0.3 is 5.97 Å². The standard InChI is InChI=1S/C20H18N2O3S/c1-12-5-4-6-13(2)17(12)21-20-22(3)18(23)16(26-20)11-14-7-9-15(10-8-14)19(24)25/h4-11H,1-3H3,(H,24,25)/b16-11+,21-20?. The summed E-state index contributed by atoms with van der Waals surface area (Å²) in [6, 6.07) is 12.4. The van der Waals surface area contributed by atoms with E-state index in [2.05, 4.69) is 4.99 Å². The molecule has 1 aliphatic rings. The van der Waals surface area contributed by atoms with Crippen molar-refractivity contribution in [2.75, 3.05) is 7.05 Å². The molecule has 2 aromatic carbocycles. The topological polar surface area (TPSA) is 70.0 Å². The van der Waals surface area contributed by atoms with Crippen LogP contribution >= 0.6 is 11.8 Å². The molecule has 0 radical (unpaired) electrons. The number of amidine groups is 1. The number of carboxylic acids is 1. The Balaban J connectivity index is 1.91. The van der Waals surface area contributed by atoms with Gasteiger partial charge in [-0.15, -0.1) is 0 Å². The summed E-state index contributed by atoms with van der Waals surface area (Å²) in [6.07, 6.45) is 1.75. The number of para-hydroxylation sites is 1. The largest absolute Gasteiger partial charge is 0.478 e. The molecule has 1 heterocycles. The van der Waals surface area contributed by atoms with Gasteiger partial charge in [-0.2, -0.15) is 0 Å². The lowest BCUT2D eigenvalue weighted by Crippen LogP contribution is -2.23. The molecule has 1 N–H and O–H groups in total. The van der Waals surface area contributed by atoms with Crippen LogP contribution in [0.2, 0.25) is 0 Å². The van der Waals surface area contributed by atoms with E-state index >= 15 is 0 Å². The Morgan fingerprint density at radius 3 is 2.31 bits per heavy atom. The van der Waals surface area contributed by atoms with Gasteiger partial charge in [-0.3, -0.25) is 9.69 Å². The van der Waals surface area contributed by atoms with Gasteiger partial charge in [0.2, 0.25) is 0 Å². The normalized spacial score (nSPS) is 17.3. The maximum absolute atomic E-state index is 12.5. The van der Waals surface area contributed by atoms with Crippen molar-refractivity contribution in [3.63, 3.8) is 0 Å². The molecule has 0 bridgehead atoms. The summed E-state index contributed by atoms with van der Waals surface area (Å²) in [5, 5.41) is 9.59. The zero-order valence-electron chi connectivity index (χ0n) is 14.7. The molecule has 1 fully saturated rings. The average Bonchev–Trinajstić information content (AvgIpc) is 2.87. The number of nitrogens with zero attached hydrogens (tertiary/aromatic N) is 2. The van der Waals surface area contributed by atoms with Gasteiger partial charge < -0.3 is 5.11 Å². The Labute approximate surface area is 156 Å². The smallest absolute Gasteiger partial charge is 0.335 e. The monoisotopic (exact) mass is 366 g/mol. The molecule has 6 heteroatoms. The van der Waals surface area contributed by atoms with Crippen LogP contribution in [0.1, 0.15) is 27.0 Å². The number of aromatic carboxylic acids is 1. The van der Waals surface area contributed by atoms with Crippen molar-refractivity contribution in [2.24, 2.45) is 4.99 Å². The van der Waals surface area contributed by atoms with Crippen molar-refractivity contribution in [1.82, 2.24) is 4.90 Å². The zero-order chi connectivity index (χ0) is 18.8. The molecule has 0 spiro atoms. The Bertz CT molecular complexity index is 926. The first kappa shape index (κ1) is 17.9. The maximum Gasteiger partial charge on any atom is 0.335 e. The van der Waals surface area contributed by atoms with Gasteiger partial charge in [0.15, 0.2) is 5.17 Å². The summed E-state index contributed by atoms with van der Waals surface area (Å²) in [5.74, 6) is -1.10. The van der Waals surface area contributed by atoms with Crippen LogP contribution in [0.15, 0.2) is 52.4 Å². The highest BCUT2D eigenvalue weighted by atomic mass is 32.2. The zero-order valence-corrected chi connectivity index (χ0v) is 15.5. The number of aryl methyl sites for hydroxylation is 2. The lowest BCUT2D eigenvalue weighted by molar-refractivity contribution is -0.121. The van der Waals surface area contributed by atoms with E-state index in [4.69, 9.17) is 5.11 Å². The molecule has 0 unspecified atom stereocenters. The number of benzene rings is 2. The fourth-order valence-electron chi connectivity index (χ4n) is 2.60. The minimum atomic E-state index is -0.974. The highest BCUT2D eigenvalue weighted by Gasteiger charge is 2.30. The molecule has 0 aromatic heterocycles. The molecular weight excluding hydrogens is 348 g/mol. The van der Waals surface area contributed by atoms with Crippen LogP contribution in [-0.4, -0.2) is 34.1 Å². The van der Waals surface area contributed by atoms with Gasteiger partial charge in [-0.05, 0) is 60.5 Å². The molecule has 5 nitrogen and oxygen atoms in total. The first-order valence-corrected chi connectivity index (χ1v) is 8.84. The number of rotatable bonds is 3. The Morgan fingerprint density at radius 2 is 1.73 bits per heavy atom. The number of carbonyl (C=O) groups excluding carboxylic acids is 1. The van der Waals surface area contributed by atoms with E-state index in [9.17, 15) is 9.59 Å². The molecule has 0 atom stereocenters. The third kappa shape index (κ3) is 3.55. The first-order valence-electron chi connectivity index (χ1n) is 8.02. The Morgan fingerprint density at radius 1 is 1.12 bits per heavy atom. The summed E-state index contributed by atoms with van der Waals surface area (Å²) in [6.45, 7) is 3.99. The first-order chi connectivity index (χ1) is 12.4. The number of hydrogen-bond donors (Lipinski definition) is 1. The van der Waals surface area contributed by atoms with Gasteiger partial charge in [0.05, 0.1) is 16.2 Å². The van der Waals surface area contributed by atoms with Crippen molar-refractivity contribution in [3.05, 3.63) is 69.6 Å². The molecule has 26 heavy (non-hydrogen) atoms. The van der Waals surface area contributed by atoms with Crippen LogP contribution in [0.25, 0.3) is 6.08 Å². The second-order valence-corrected chi connectivity index (χ2v) is 7.05. The predicted molar refractivity (Wildman–Crippen MR) is 105 cm³/mol. The summed E-state index contributed by atoms with van der Waals surface area (Å²) >= 11 is 1.32. The van der Waals surface area contributed by atoms with Gasteiger partial charge in [0.25, 0.3) is 5.91 Å². The van der Waals surface area contributed by atoms with E-state index in [1.807, 2.05) is 32.0 Å². The lowest BCUT2D eigenvalue weighted by atomic mass is 10.1. The molecular formula is C20H18N2O3S. The van der Waals surface area contributed by atoms with Crippen LogP contribution in [0.5, 0.6) is 0 Å². The van der Waals surface area contributed by atoms with Gasteiger partial charge in [-0.25, -0.2) is 9.79 Å². The number of amides is 1. The SMILES string of the molecule is Cc1cccc(C)c1N=C1S/C(=C/c2ccc(C(=O)O)cc2)C(=O)N1C. The summed E-state index contributed by atoms with van der Waals surface area (Å²) < 4.78 is 0. The molecule has 2 aromatic rings. The van der Waals surface area contributed by atoms with E-state index in [0.717, 1.165) is 22.4 Å². The average molecular weight is 366 g/mol. The number of carbonyl (C=O) groups is 2. The summed E-state index contributed by atoms with van der Waals surface area (Å²) in [5.41, 5.74) is 3.97. The molecule has 0 saturated carbocycles. The summed E-state index contributed by atoms with van der Waals surface area (Å²) in [7, 11) is 1.70. The second kappa shape index (κ2) is 7.17. The number of thioether (sulfide) groups is 1. The second-order valence-electron chi connectivity index (χ2n) is 6.04. The van der Waals surface area contributed by atoms with Crippen LogP contribution in [-0.2, 0) is 4.79 Å². The molecule has 1 amide bonds. The van der Waals surface area contributed by atoms with E-state index in [1.54, 1.807) is 25.3 Å². The fraction of sp³-hybridized carbons (Fsp3) is 0.150. The number of likely N-dealkylation sites (N-methyl/N-ethyl adjacent to an activating group) is 1. The Kier molecular flexibility index (Phi) is 4.95. The van der Waals surface area contributed by atoms with Gasteiger partial charge in [0.1, 0.15) is 0 Å². The van der Waals surface area contributed by atoms with Crippen LogP contribution in [0, 0.1) is 13.8 Å². The quantitative estimate of drug-likeness (QED) is 0.825. The fourth-order valence-corrected chi connectivity index (χ4v) is 3.58. The molecule has 3 rings (SSSR count). The molecule has 0 aliphatic carbocycles. The van der Waals surface area contributed by atoms with Crippen LogP contribution < -0.4 is 0 Å². The van der Waals surface area contributed by atoms with Gasteiger partial charge in [0, 0.05) is 7.05 Å². The highest BCUT2D eigenvalue weighted by molar-refractivity contribution is 8.18. The highest BCUT2D eigenvalue weighted by Crippen LogP contribution is 2.34. The van der Waals surface area contributed by atoms with Crippen molar-refractivity contribution >= 4 is 40.6 Å². The molecule has 1 saturated heterocycles. The van der Waals surface area contributed by atoms with Crippen molar-refractivity contribution in [1.29, 1.82) is 0 Å². The van der Waals surface area contributed by atoms with Crippen LogP contribution in [0.3, 0.4) is 0 Å². The van der Waals surface area contributed by atoms with E-state index in [0.29, 0.717) is 10.1 Å². The number of hydrogen-bond acceptors (Lipinski definition) is 4. The van der Waals surface area contributed by atoms with E-state index in [1.165, 1.54) is 28.8 Å². The minimum absolute atomic E-state index is 0.123. The third-order valence-electron chi connectivity index (χ3n) is 4.11. The van der Waals surface area contributed by atoms with Crippen molar-refractivity contribution in [2.45, 2.75) is 13.8 Å². The van der Waals surface area contributed by atoms with Crippen molar-refractivity contribution in [3.8, 4) is 0 Å². The minimum Gasteiger partial charge on any atom is -0.478 e. The van der Waals surface area contributed by atoms with E-state index in [-0.39, 0.29) is 11.5 Å². The van der Waals surface area contributed by atoms with E-state index < -0.39 is 5.97 Å². The number of aliphatic imine (C=N–C) groups is 1. The number of carboxylic acid groups (broad SMARTS) is 1. The van der Waals surface area contributed by atoms with Gasteiger partial charge in [-0.1, -0.05) is 30.3 Å². The Hall–Kier alpha value is -2.86. The lowest BCUT2D eigenvalue weighted by Gasteiger charge is -2.09. The summed E-state index contributed by atoms with van der Waals surface area (Å²) in [4.78, 5) is 30.2. The van der Waals surface area contributed by atoms with Crippen LogP contribution in [0.4, 0.5) is 5.69 Å². The third-order valence-corrected chi connectivity index (χ3v) is 5.17. The van der Waals surface area contributed by atoms with Crippen molar-refractivity contribution < 1.29 is 14.7 Å². The predicted octanol–water partition coefficient (Wildman–Crippen LogP) is 4.24. The maximum atomic E-state index is 12.5. The molecule has 132 valence electrons.